The fraction of sp³-hybridized carbons (Fsp3) is 0.333. The van der Waals surface area contributed by atoms with E-state index >= 15 is 0 Å². The van der Waals surface area contributed by atoms with E-state index in [9.17, 15) is 18.0 Å². The molecule has 2 atom stereocenters. The number of carbonyl (C=O) groups excluding carboxylic acids is 1. The lowest BCUT2D eigenvalue weighted by atomic mass is 10.0. The third-order valence-corrected chi connectivity index (χ3v) is 5.20. The number of rotatable bonds is 4. The average molecular weight is 333 g/mol. The van der Waals surface area contributed by atoms with E-state index < -0.39 is 33.2 Å². The van der Waals surface area contributed by atoms with Gasteiger partial charge in [0, 0.05) is 5.02 Å². The molecule has 9 heteroatoms. The van der Waals surface area contributed by atoms with Crippen molar-refractivity contribution in [3.05, 3.63) is 34.3 Å². The van der Waals surface area contributed by atoms with Crippen LogP contribution in [-0.2, 0) is 26.0 Å². The number of hydrogen-bond donors (Lipinski definition) is 3. The molecule has 1 aromatic carbocycles. The quantitative estimate of drug-likeness (QED) is 0.722. The van der Waals surface area contributed by atoms with Gasteiger partial charge in [-0.2, -0.15) is 0 Å². The van der Waals surface area contributed by atoms with E-state index in [-0.39, 0.29) is 17.9 Å². The van der Waals surface area contributed by atoms with Crippen LogP contribution in [0.4, 0.5) is 0 Å². The van der Waals surface area contributed by atoms with Gasteiger partial charge < -0.3 is 10.8 Å². The average Bonchev–Trinajstić information content (AvgIpc) is 2.62. The monoisotopic (exact) mass is 332 g/mol. The van der Waals surface area contributed by atoms with Crippen LogP contribution in [0.2, 0.25) is 5.02 Å². The summed E-state index contributed by atoms with van der Waals surface area (Å²) in [4.78, 5) is 21.9. The summed E-state index contributed by atoms with van der Waals surface area (Å²) in [5.74, 6) is -1.71. The lowest BCUT2D eigenvalue weighted by molar-refractivity contribution is -0.138. The minimum Gasteiger partial charge on any atom is -0.480 e. The van der Waals surface area contributed by atoms with Gasteiger partial charge in [0.15, 0.2) is 0 Å². The Morgan fingerprint density at radius 1 is 1.52 bits per heavy atom. The van der Waals surface area contributed by atoms with Gasteiger partial charge in [-0.3, -0.25) is 14.3 Å². The Bertz CT molecular complexity index is 704. The Labute approximate surface area is 126 Å². The molecule has 0 aromatic heterocycles. The molecule has 1 aliphatic rings. The van der Waals surface area contributed by atoms with E-state index in [0.717, 1.165) is 0 Å². The van der Waals surface area contributed by atoms with E-state index in [1.165, 1.54) is 12.1 Å². The van der Waals surface area contributed by atoms with Crippen LogP contribution in [0, 0.1) is 0 Å². The number of carboxylic acid groups (broad SMARTS) is 1. The van der Waals surface area contributed by atoms with Gasteiger partial charge in [-0.25, -0.2) is 8.42 Å². The number of nitrogens with one attached hydrogen (secondary N) is 1. The number of hydrogen-bond acceptors (Lipinski definition) is 5. The van der Waals surface area contributed by atoms with Gasteiger partial charge in [0.1, 0.15) is 11.3 Å². The van der Waals surface area contributed by atoms with E-state index in [1.807, 2.05) is 4.72 Å². The van der Waals surface area contributed by atoms with E-state index in [2.05, 4.69) is 0 Å². The first-order valence-electron chi connectivity index (χ1n) is 6.02. The van der Waals surface area contributed by atoms with Gasteiger partial charge >= 0.3 is 5.97 Å². The predicted octanol–water partition coefficient (Wildman–Crippen LogP) is 0.185. The van der Waals surface area contributed by atoms with Gasteiger partial charge in [0.25, 0.3) is 0 Å². The molecule has 0 aliphatic carbocycles. The molecule has 4 N–H and O–H groups in total. The van der Waals surface area contributed by atoms with Crippen LogP contribution in [0.25, 0.3) is 0 Å². The number of carboxylic acids is 1. The maximum absolute atomic E-state index is 11.8. The maximum Gasteiger partial charge on any atom is 0.320 e. The Morgan fingerprint density at radius 2 is 2.19 bits per heavy atom. The Morgan fingerprint density at radius 3 is 2.67 bits per heavy atom. The highest BCUT2D eigenvalue weighted by Crippen LogP contribution is 2.35. The third kappa shape index (κ3) is 3.34. The molecule has 0 bridgehead atoms. The van der Waals surface area contributed by atoms with Crippen LogP contribution >= 0.6 is 11.6 Å². The first-order chi connectivity index (χ1) is 9.70. The predicted molar refractivity (Wildman–Crippen MR) is 75.2 cm³/mol. The fourth-order valence-corrected chi connectivity index (χ4v) is 3.98. The van der Waals surface area contributed by atoms with Crippen LogP contribution in [0.3, 0.4) is 0 Å². The molecule has 0 saturated carbocycles. The number of sulfonamides is 1. The molecular weight excluding hydrogens is 320 g/mol. The van der Waals surface area contributed by atoms with E-state index in [1.54, 1.807) is 6.07 Å². The lowest BCUT2D eigenvalue weighted by Gasteiger charge is -2.12. The number of halogens is 1. The third-order valence-electron chi connectivity index (χ3n) is 3.19. The molecule has 2 rings (SSSR count). The molecule has 1 unspecified atom stereocenters. The summed E-state index contributed by atoms with van der Waals surface area (Å²) in [5.41, 5.74) is 6.31. The maximum atomic E-state index is 11.8. The highest BCUT2D eigenvalue weighted by Gasteiger charge is 2.38. The second kappa shape index (κ2) is 5.63. The van der Waals surface area contributed by atoms with Crippen molar-refractivity contribution in [2.45, 2.75) is 24.1 Å². The molecule has 114 valence electrons. The summed E-state index contributed by atoms with van der Waals surface area (Å²) >= 11 is 6.06. The molecule has 1 fully saturated rings. The minimum absolute atomic E-state index is 0.0733. The van der Waals surface area contributed by atoms with Crippen molar-refractivity contribution in [2.75, 3.05) is 0 Å². The highest BCUT2D eigenvalue weighted by atomic mass is 35.5. The van der Waals surface area contributed by atoms with E-state index in [4.69, 9.17) is 22.4 Å². The molecule has 1 saturated heterocycles. The molecule has 1 heterocycles. The summed E-state index contributed by atoms with van der Waals surface area (Å²) in [5, 5.41) is 7.89. The van der Waals surface area contributed by atoms with Crippen LogP contribution in [-0.4, -0.2) is 31.4 Å². The Balaban J connectivity index is 2.28. The second-order valence-electron chi connectivity index (χ2n) is 4.77. The number of aliphatic carboxylic acids is 1. The summed E-state index contributed by atoms with van der Waals surface area (Å²) in [6.07, 6.45) is -0.111. The summed E-state index contributed by atoms with van der Waals surface area (Å²) in [6.45, 7) is 0. The van der Waals surface area contributed by atoms with Gasteiger partial charge in [0.2, 0.25) is 15.9 Å². The minimum atomic E-state index is -3.76. The first-order valence-corrected chi connectivity index (χ1v) is 7.94. The van der Waals surface area contributed by atoms with Crippen molar-refractivity contribution in [2.24, 2.45) is 5.73 Å². The topological polar surface area (TPSA) is 127 Å². The Kier molecular flexibility index (Phi) is 4.22. The molecule has 0 spiro atoms. The zero-order chi connectivity index (χ0) is 15.8. The van der Waals surface area contributed by atoms with Crippen molar-refractivity contribution >= 4 is 33.5 Å². The zero-order valence-electron chi connectivity index (χ0n) is 10.7. The Hall–Kier alpha value is -1.64. The standard InChI is InChI=1S/C12H13ClN2O5S/c13-8-3-6(4-9(14)12(17)18)1-2-7(8)10-5-11(16)15-21(10,19)20/h1-3,9-10H,4-5,14H2,(H,15,16)(H,17,18)/t9-,10?/m0/s1. The van der Waals surface area contributed by atoms with Gasteiger partial charge in [-0.15, -0.1) is 0 Å². The molecule has 1 amide bonds. The summed E-state index contributed by atoms with van der Waals surface area (Å²) in [7, 11) is -3.76. The summed E-state index contributed by atoms with van der Waals surface area (Å²) in [6, 6.07) is 3.44. The van der Waals surface area contributed by atoms with Gasteiger partial charge in [0.05, 0.1) is 6.42 Å². The normalized spacial score (nSPS) is 21.8. The smallest absolute Gasteiger partial charge is 0.320 e. The molecule has 21 heavy (non-hydrogen) atoms. The van der Waals surface area contributed by atoms with E-state index in [0.29, 0.717) is 11.1 Å². The van der Waals surface area contributed by atoms with Crippen molar-refractivity contribution in [3.8, 4) is 0 Å². The summed E-state index contributed by atoms with van der Waals surface area (Å²) < 4.78 is 25.5. The molecule has 1 aliphatic heterocycles. The number of carbonyl (C=O) groups is 2. The largest absolute Gasteiger partial charge is 0.480 e. The van der Waals surface area contributed by atoms with Crippen LogP contribution < -0.4 is 10.5 Å². The molecule has 0 radical (unpaired) electrons. The van der Waals surface area contributed by atoms with Crippen molar-refractivity contribution in [3.63, 3.8) is 0 Å². The SMILES string of the molecule is N[C@@H](Cc1ccc(C2CC(=O)NS2(=O)=O)c(Cl)c1)C(=O)O. The first kappa shape index (κ1) is 15.7. The number of nitrogens with two attached hydrogens (primary N) is 1. The lowest BCUT2D eigenvalue weighted by Crippen LogP contribution is -2.32. The highest BCUT2D eigenvalue weighted by molar-refractivity contribution is 7.90. The van der Waals surface area contributed by atoms with Crippen LogP contribution in [0.15, 0.2) is 18.2 Å². The van der Waals surface area contributed by atoms with Crippen LogP contribution in [0.5, 0.6) is 0 Å². The van der Waals surface area contributed by atoms with Crippen molar-refractivity contribution in [1.29, 1.82) is 0 Å². The second-order valence-corrected chi connectivity index (χ2v) is 7.04. The number of benzene rings is 1. The zero-order valence-corrected chi connectivity index (χ0v) is 12.3. The van der Waals surface area contributed by atoms with Crippen molar-refractivity contribution in [1.82, 2.24) is 4.72 Å². The van der Waals surface area contributed by atoms with Gasteiger partial charge in [-0.05, 0) is 23.6 Å². The van der Waals surface area contributed by atoms with Crippen LogP contribution in [0.1, 0.15) is 22.8 Å². The molecule has 7 nitrogen and oxygen atoms in total. The molecule has 1 aromatic rings. The van der Waals surface area contributed by atoms with Gasteiger partial charge in [-0.1, -0.05) is 23.7 Å². The van der Waals surface area contributed by atoms with Crippen molar-refractivity contribution < 1.29 is 23.1 Å². The fourth-order valence-electron chi connectivity index (χ4n) is 2.13. The number of amides is 1. The molecular formula is C12H13ClN2O5S.